The lowest BCUT2D eigenvalue weighted by Gasteiger charge is -2.30. The third-order valence-corrected chi connectivity index (χ3v) is 10.4. The van der Waals surface area contributed by atoms with Gasteiger partial charge in [-0.25, -0.2) is 4.79 Å². The highest BCUT2D eigenvalue weighted by atomic mass is 16.5. The van der Waals surface area contributed by atoms with E-state index in [9.17, 15) is 53.4 Å². The second kappa shape index (κ2) is 24.3. The van der Waals surface area contributed by atoms with Crippen molar-refractivity contribution in [1.82, 2.24) is 31.9 Å². The van der Waals surface area contributed by atoms with E-state index in [1.807, 2.05) is 48.5 Å². The number of primary amides is 2. The van der Waals surface area contributed by atoms with Gasteiger partial charge >= 0.3 is 18.0 Å². The fourth-order valence-electron chi connectivity index (χ4n) is 7.14. The van der Waals surface area contributed by atoms with Crippen LogP contribution in [0, 0.1) is 11.8 Å². The Bertz CT molecular complexity index is 1980. The second-order valence-electron chi connectivity index (χ2n) is 16.4. The van der Waals surface area contributed by atoms with Gasteiger partial charge < -0.3 is 63.4 Å². The van der Waals surface area contributed by atoms with Gasteiger partial charge in [-0.3, -0.25) is 38.4 Å². The summed E-state index contributed by atoms with van der Waals surface area (Å²) in [6.45, 7) is 7.58. The van der Waals surface area contributed by atoms with Crippen molar-refractivity contribution in [2.75, 3.05) is 13.2 Å². The minimum atomic E-state index is -1.57. The maximum absolute atomic E-state index is 13.7. The number of carbonyl (C=O) groups is 9. The molecule has 3 rings (SSSR count). The molecular weight excluding hydrogens is 837 g/mol. The molecule has 0 saturated heterocycles. The van der Waals surface area contributed by atoms with Gasteiger partial charge in [0.2, 0.25) is 35.4 Å². The van der Waals surface area contributed by atoms with E-state index in [0.717, 1.165) is 22.3 Å². The summed E-state index contributed by atoms with van der Waals surface area (Å²) in [6, 6.07) is 7.39. The van der Waals surface area contributed by atoms with Gasteiger partial charge in [-0.15, -0.1) is 0 Å². The lowest BCUT2D eigenvalue weighted by molar-refractivity contribution is -0.140. The quantitative estimate of drug-likeness (QED) is 0.0571. The predicted molar refractivity (Wildman–Crippen MR) is 230 cm³/mol. The maximum atomic E-state index is 13.7. The van der Waals surface area contributed by atoms with Crippen LogP contribution in [0.4, 0.5) is 4.79 Å². The van der Waals surface area contributed by atoms with Gasteiger partial charge in [-0.05, 0) is 53.9 Å². The molecule has 2 aromatic rings. The van der Waals surface area contributed by atoms with Gasteiger partial charge in [0.15, 0.2) is 0 Å². The van der Waals surface area contributed by atoms with Crippen LogP contribution in [0.25, 0.3) is 11.1 Å². The minimum absolute atomic E-state index is 0.0260. The molecule has 0 unspecified atom stereocenters. The predicted octanol–water partition coefficient (Wildman–Crippen LogP) is -0.426. The van der Waals surface area contributed by atoms with Crippen molar-refractivity contribution in [2.24, 2.45) is 23.3 Å². The lowest BCUT2D eigenvalue weighted by Crippen LogP contribution is -2.59. The number of ether oxygens (including phenoxy) is 1. The number of carbonyl (C=O) groups excluding carboxylic acids is 7. The Labute approximate surface area is 370 Å². The summed E-state index contributed by atoms with van der Waals surface area (Å²) in [5.41, 5.74) is 14.7. The summed E-state index contributed by atoms with van der Waals surface area (Å²) in [5, 5.41) is 44.5. The molecule has 0 bridgehead atoms. The van der Waals surface area contributed by atoms with Gasteiger partial charge in [0.1, 0.15) is 30.8 Å². The van der Waals surface area contributed by atoms with E-state index in [4.69, 9.17) is 21.3 Å². The van der Waals surface area contributed by atoms with E-state index in [-0.39, 0.29) is 31.3 Å². The molecular formula is C43H60N8O13. The number of rotatable bonds is 26. The zero-order chi connectivity index (χ0) is 47.8. The molecule has 350 valence electrons. The van der Waals surface area contributed by atoms with Crippen LogP contribution in [0.3, 0.4) is 0 Å². The molecule has 0 spiro atoms. The SMILES string of the molecule is CC(C)C[C@H](NC(=O)[C@H](CC(N)=O)NC(=O)[C@@H](NC(=O)OCC1c2ccccc2-c2ccccc21)C(C)C)[C@@H](O)CN[C@@H](CC(=O)O)C(=O)N[C@@H](C)C(=O)N[C@@H](CCC(=O)O)C(N)=O. The van der Waals surface area contributed by atoms with Crippen LogP contribution >= 0.6 is 0 Å². The number of nitrogens with one attached hydrogen (secondary N) is 6. The molecule has 0 saturated carbocycles. The number of carboxylic acid groups (broad SMARTS) is 2. The number of benzene rings is 2. The molecule has 0 aliphatic heterocycles. The first kappa shape index (κ1) is 51.7. The molecule has 0 fully saturated rings. The molecule has 1 aliphatic rings. The van der Waals surface area contributed by atoms with E-state index >= 15 is 0 Å². The first-order valence-corrected chi connectivity index (χ1v) is 20.8. The molecule has 0 radical (unpaired) electrons. The molecule has 7 atom stereocenters. The Morgan fingerprint density at radius 3 is 1.75 bits per heavy atom. The maximum Gasteiger partial charge on any atom is 0.407 e. The van der Waals surface area contributed by atoms with Crippen LogP contribution in [-0.2, 0) is 43.1 Å². The average molecular weight is 897 g/mol. The number of alkyl carbamates (subject to hydrolysis) is 1. The van der Waals surface area contributed by atoms with E-state index in [1.165, 1.54) is 6.92 Å². The average Bonchev–Trinajstić information content (AvgIpc) is 3.53. The number of aliphatic hydroxyl groups is 1. The molecule has 21 nitrogen and oxygen atoms in total. The Morgan fingerprint density at radius 1 is 0.672 bits per heavy atom. The summed E-state index contributed by atoms with van der Waals surface area (Å²) in [4.78, 5) is 113. The van der Waals surface area contributed by atoms with Crippen LogP contribution in [0.15, 0.2) is 48.5 Å². The van der Waals surface area contributed by atoms with Gasteiger partial charge in [-0.1, -0.05) is 76.2 Å². The number of aliphatic carboxylic acids is 2. The summed E-state index contributed by atoms with van der Waals surface area (Å²) >= 11 is 0. The second-order valence-corrected chi connectivity index (χ2v) is 16.4. The molecule has 1 aliphatic carbocycles. The lowest BCUT2D eigenvalue weighted by atomic mass is 9.97. The van der Waals surface area contributed by atoms with Crippen LogP contribution in [0.2, 0.25) is 0 Å². The smallest absolute Gasteiger partial charge is 0.407 e. The summed E-state index contributed by atoms with van der Waals surface area (Å²) in [5.74, 6) is -9.21. The van der Waals surface area contributed by atoms with Crippen molar-refractivity contribution in [2.45, 2.75) is 115 Å². The first-order chi connectivity index (χ1) is 30.1. The molecule has 2 aromatic carbocycles. The molecule has 21 heteroatoms. The Balaban J connectivity index is 1.67. The monoisotopic (exact) mass is 896 g/mol. The highest BCUT2D eigenvalue weighted by molar-refractivity contribution is 5.95. The van der Waals surface area contributed by atoms with E-state index in [1.54, 1.807) is 27.7 Å². The number of nitrogens with two attached hydrogens (primary N) is 2. The van der Waals surface area contributed by atoms with E-state index < -0.39 is 128 Å². The minimum Gasteiger partial charge on any atom is -0.481 e. The summed E-state index contributed by atoms with van der Waals surface area (Å²) in [7, 11) is 0. The van der Waals surface area contributed by atoms with Crippen LogP contribution in [0.1, 0.15) is 83.8 Å². The van der Waals surface area contributed by atoms with Crippen molar-refractivity contribution in [3.8, 4) is 11.1 Å². The number of carboxylic acids is 2. The Kier molecular flexibility index (Phi) is 19.6. The number of fused-ring (bicyclic) bond motifs is 3. The van der Waals surface area contributed by atoms with Gasteiger partial charge in [0, 0.05) is 18.9 Å². The van der Waals surface area contributed by atoms with Crippen molar-refractivity contribution in [1.29, 1.82) is 0 Å². The van der Waals surface area contributed by atoms with Crippen LogP contribution in [-0.4, -0.2) is 124 Å². The van der Waals surface area contributed by atoms with E-state index in [2.05, 4.69) is 31.9 Å². The third kappa shape index (κ3) is 15.6. The van der Waals surface area contributed by atoms with Gasteiger partial charge in [0.25, 0.3) is 0 Å². The van der Waals surface area contributed by atoms with Crippen molar-refractivity contribution in [3.63, 3.8) is 0 Å². The Hall–Kier alpha value is -6.61. The summed E-state index contributed by atoms with van der Waals surface area (Å²) in [6.07, 6.45) is -4.54. The van der Waals surface area contributed by atoms with Gasteiger partial charge in [0.05, 0.1) is 31.0 Å². The number of hydrogen-bond acceptors (Lipinski definition) is 12. The molecule has 64 heavy (non-hydrogen) atoms. The Morgan fingerprint density at radius 2 is 1.23 bits per heavy atom. The van der Waals surface area contributed by atoms with Gasteiger partial charge in [-0.2, -0.15) is 0 Å². The normalized spacial score (nSPS) is 15.2. The molecule has 0 aromatic heterocycles. The van der Waals surface area contributed by atoms with E-state index in [0.29, 0.717) is 0 Å². The van der Waals surface area contributed by atoms with Crippen LogP contribution in [0.5, 0.6) is 0 Å². The zero-order valence-electron chi connectivity index (χ0n) is 36.4. The number of amides is 7. The topological polar surface area (TPSA) is 348 Å². The highest BCUT2D eigenvalue weighted by Gasteiger charge is 2.35. The largest absolute Gasteiger partial charge is 0.481 e. The standard InChI is InChI=1S/C43H60N8O13/c1-21(2)16-30(33(52)19-46-31(18-36(56)57)40(60)47-23(5)39(59)48-29(38(45)58)14-15-35(54)55)49-41(61)32(17-34(44)53)50-42(62)37(22(3)4)51-43(63)64-20-28-26-12-8-6-10-24(26)25-11-7-9-13-27(25)28/h6-13,21-23,28-33,37,46,52H,14-20H2,1-5H3,(H2,44,53)(H2,45,58)(H,47,60)(H,48,59)(H,49,61)(H,50,62)(H,51,63)(H,54,55)(H,56,57)/t23-,29-,30-,31-,32-,33-,37-/m0/s1. The number of aliphatic hydroxyl groups excluding tert-OH is 1. The van der Waals surface area contributed by atoms with Crippen molar-refractivity contribution in [3.05, 3.63) is 59.7 Å². The van der Waals surface area contributed by atoms with Crippen molar-refractivity contribution >= 4 is 53.5 Å². The molecule has 0 heterocycles. The zero-order valence-corrected chi connectivity index (χ0v) is 36.4. The summed E-state index contributed by atoms with van der Waals surface area (Å²) < 4.78 is 5.62. The van der Waals surface area contributed by atoms with Crippen LogP contribution < -0.4 is 43.4 Å². The molecule has 7 amide bonds. The number of hydrogen-bond donors (Lipinski definition) is 11. The fourth-order valence-corrected chi connectivity index (χ4v) is 7.14. The van der Waals surface area contributed by atoms with Crippen molar-refractivity contribution < 1.29 is 63.2 Å². The fraction of sp³-hybridized carbons (Fsp3) is 0.512. The molecule has 13 N–H and O–H groups in total. The highest BCUT2D eigenvalue weighted by Crippen LogP contribution is 2.44. The first-order valence-electron chi connectivity index (χ1n) is 20.8. The third-order valence-electron chi connectivity index (χ3n) is 10.4.